The van der Waals surface area contributed by atoms with Gasteiger partial charge in [-0.2, -0.15) is 0 Å². The fraction of sp³-hybridized carbons (Fsp3) is 0.600. The molecule has 1 aromatic rings. The maximum Gasteiger partial charge on any atom is 0.115 e. The van der Waals surface area contributed by atoms with Crippen LogP contribution in [0.1, 0.15) is 52.5 Å². The molecule has 2 atom stereocenters. The van der Waals surface area contributed by atoms with Crippen LogP contribution in [-0.2, 0) is 0 Å². The van der Waals surface area contributed by atoms with E-state index in [1.165, 1.54) is 12.0 Å². The Morgan fingerprint density at radius 1 is 1.12 bits per heavy atom. The Bertz CT molecular complexity index is 326. The minimum Gasteiger partial charge on any atom is -0.508 e. The molecule has 0 spiro atoms. The minimum absolute atomic E-state index is 0.316. The lowest BCUT2D eigenvalue weighted by Crippen LogP contribution is -2.29. The first-order valence-electron chi connectivity index (χ1n) is 6.20. The van der Waals surface area contributed by atoms with Gasteiger partial charge in [-0.15, -0.1) is 0 Å². The molecule has 16 heavy (non-hydrogen) atoms. The number of aromatic hydroxyl groups is 1. The van der Waals surface area contributed by atoms with Gasteiger partial charge < -0.3 is 5.11 Å². The van der Waals surface area contributed by atoms with Gasteiger partial charge in [-0.1, -0.05) is 46.8 Å². The molecule has 0 aromatic heterocycles. The van der Waals surface area contributed by atoms with E-state index >= 15 is 0 Å². The van der Waals surface area contributed by atoms with Gasteiger partial charge in [0.1, 0.15) is 5.75 Å². The maximum atomic E-state index is 9.31. The van der Waals surface area contributed by atoms with Crippen LogP contribution in [-0.4, -0.2) is 5.11 Å². The van der Waals surface area contributed by atoms with Gasteiger partial charge in [0.2, 0.25) is 0 Å². The summed E-state index contributed by atoms with van der Waals surface area (Å²) in [6.07, 6.45) is 1.17. The van der Waals surface area contributed by atoms with Crippen LogP contribution >= 0.6 is 0 Å². The standard InChI is InChI=1S/C15H24O/c1-6-15(5,11(2)3)12(4)13-7-9-14(16)10-8-13/h7-12,16H,6H2,1-5H3. The van der Waals surface area contributed by atoms with Gasteiger partial charge >= 0.3 is 0 Å². The summed E-state index contributed by atoms with van der Waals surface area (Å²) in [5.41, 5.74) is 1.63. The number of phenols is 1. The minimum atomic E-state index is 0.316. The van der Waals surface area contributed by atoms with Crippen molar-refractivity contribution < 1.29 is 5.11 Å². The van der Waals surface area contributed by atoms with E-state index in [0.717, 1.165) is 0 Å². The van der Waals surface area contributed by atoms with E-state index in [4.69, 9.17) is 0 Å². The molecular formula is C15H24O. The van der Waals surface area contributed by atoms with Gasteiger partial charge in [0.15, 0.2) is 0 Å². The first-order valence-corrected chi connectivity index (χ1v) is 6.20. The van der Waals surface area contributed by atoms with E-state index in [1.54, 1.807) is 12.1 Å². The van der Waals surface area contributed by atoms with Crippen molar-refractivity contribution in [2.24, 2.45) is 11.3 Å². The molecule has 0 aliphatic carbocycles. The van der Waals surface area contributed by atoms with E-state index in [1.807, 2.05) is 12.1 Å². The van der Waals surface area contributed by atoms with E-state index < -0.39 is 0 Å². The smallest absolute Gasteiger partial charge is 0.115 e. The molecule has 1 aromatic carbocycles. The fourth-order valence-corrected chi connectivity index (χ4v) is 2.36. The summed E-state index contributed by atoms with van der Waals surface area (Å²) >= 11 is 0. The predicted molar refractivity (Wildman–Crippen MR) is 69.8 cm³/mol. The molecule has 0 aliphatic rings. The molecule has 0 saturated carbocycles. The number of benzene rings is 1. The van der Waals surface area contributed by atoms with Crippen LogP contribution in [0.15, 0.2) is 24.3 Å². The first-order chi connectivity index (χ1) is 7.41. The van der Waals surface area contributed by atoms with Crippen molar-refractivity contribution in [3.8, 4) is 5.75 Å². The van der Waals surface area contributed by atoms with Crippen molar-refractivity contribution >= 4 is 0 Å². The molecule has 0 amide bonds. The van der Waals surface area contributed by atoms with Crippen molar-refractivity contribution in [3.63, 3.8) is 0 Å². The Morgan fingerprint density at radius 3 is 2.00 bits per heavy atom. The molecule has 1 nitrogen and oxygen atoms in total. The fourth-order valence-electron chi connectivity index (χ4n) is 2.36. The van der Waals surface area contributed by atoms with Crippen LogP contribution in [0.25, 0.3) is 0 Å². The third kappa shape index (κ3) is 2.40. The number of phenolic OH excluding ortho intramolecular Hbond substituents is 1. The summed E-state index contributed by atoms with van der Waals surface area (Å²) in [5.74, 6) is 1.51. The summed E-state index contributed by atoms with van der Waals surface area (Å²) in [5, 5.41) is 9.31. The van der Waals surface area contributed by atoms with Crippen molar-refractivity contribution in [1.82, 2.24) is 0 Å². The summed E-state index contributed by atoms with van der Waals surface area (Å²) < 4.78 is 0. The SMILES string of the molecule is CCC(C)(C(C)C)C(C)c1ccc(O)cc1. The van der Waals surface area contributed by atoms with Crippen LogP contribution < -0.4 is 0 Å². The Balaban J connectivity index is 3.00. The van der Waals surface area contributed by atoms with Crippen molar-refractivity contribution in [2.45, 2.75) is 47.0 Å². The molecule has 0 heterocycles. The summed E-state index contributed by atoms with van der Waals surface area (Å²) in [4.78, 5) is 0. The lowest BCUT2D eigenvalue weighted by molar-refractivity contribution is 0.166. The van der Waals surface area contributed by atoms with Crippen LogP contribution in [0, 0.1) is 11.3 Å². The molecule has 0 fully saturated rings. The Labute approximate surface area is 99.5 Å². The van der Waals surface area contributed by atoms with Crippen molar-refractivity contribution in [3.05, 3.63) is 29.8 Å². The van der Waals surface area contributed by atoms with Crippen LogP contribution in [0.4, 0.5) is 0 Å². The zero-order chi connectivity index (χ0) is 12.3. The van der Waals surface area contributed by atoms with Crippen LogP contribution in [0.3, 0.4) is 0 Å². The molecule has 0 saturated heterocycles. The van der Waals surface area contributed by atoms with Crippen LogP contribution in [0.5, 0.6) is 5.75 Å². The zero-order valence-electron chi connectivity index (χ0n) is 11.1. The topological polar surface area (TPSA) is 20.2 Å². The monoisotopic (exact) mass is 220 g/mol. The molecule has 1 rings (SSSR count). The Kier molecular flexibility index (Phi) is 4.01. The molecule has 0 aliphatic heterocycles. The Hall–Kier alpha value is -0.980. The Morgan fingerprint density at radius 2 is 1.62 bits per heavy atom. The van der Waals surface area contributed by atoms with Gasteiger partial charge in [0.25, 0.3) is 0 Å². The maximum absolute atomic E-state index is 9.31. The van der Waals surface area contributed by atoms with Crippen molar-refractivity contribution in [1.29, 1.82) is 0 Å². The van der Waals surface area contributed by atoms with E-state index in [0.29, 0.717) is 23.0 Å². The average molecular weight is 220 g/mol. The van der Waals surface area contributed by atoms with Gasteiger partial charge in [-0.3, -0.25) is 0 Å². The molecule has 0 bridgehead atoms. The molecule has 90 valence electrons. The number of hydrogen-bond donors (Lipinski definition) is 1. The lowest BCUT2D eigenvalue weighted by atomic mass is 9.66. The summed E-state index contributed by atoms with van der Waals surface area (Å²) in [6, 6.07) is 7.64. The van der Waals surface area contributed by atoms with Gasteiger partial charge in [0.05, 0.1) is 0 Å². The van der Waals surface area contributed by atoms with E-state index in [-0.39, 0.29) is 0 Å². The van der Waals surface area contributed by atoms with Gasteiger partial charge in [-0.25, -0.2) is 0 Å². The van der Waals surface area contributed by atoms with Crippen LogP contribution in [0.2, 0.25) is 0 Å². The average Bonchev–Trinajstić information content (AvgIpc) is 2.27. The molecule has 1 heteroatoms. The van der Waals surface area contributed by atoms with E-state index in [2.05, 4.69) is 34.6 Å². The van der Waals surface area contributed by atoms with Gasteiger partial charge in [0, 0.05) is 0 Å². The zero-order valence-corrected chi connectivity index (χ0v) is 11.1. The highest BCUT2D eigenvalue weighted by molar-refractivity contribution is 5.29. The normalized spacial score (nSPS) is 17.1. The lowest BCUT2D eigenvalue weighted by Gasteiger charge is -2.39. The van der Waals surface area contributed by atoms with Crippen molar-refractivity contribution in [2.75, 3.05) is 0 Å². The molecule has 2 unspecified atom stereocenters. The second kappa shape index (κ2) is 4.90. The number of hydrogen-bond acceptors (Lipinski definition) is 1. The highest BCUT2D eigenvalue weighted by atomic mass is 16.3. The highest BCUT2D eigenvalue weighted by Crippen LogP contribution is 2.44. The summed E-state index contributed by atoms with van der Waals surface area (Å²) in [7, 11) is 0. The first kappa shape index (κ1) is 13.1. The van der Waals surface area contributed by atoms with E-state index in [9.17, 15) is 5.11 Å². The third-order valence-corrected chi connectivity index (χ3v) is 4.46. The molecule has 0 radical (unpaired) electrons. The largest absolute Gasteiger partial charge is 0.508 e. The highest BCUT2D eigenvalue weighted by Gasteiger charge is 2.33. The molecule has 1 N–H and O–H groups in total. The number of rotatable bonds is 4. The molecular weight excluding hydrogens is 196 g/mol. The van der Waals surface area contributed by atoms with Gasteiger partial charge in [-0.05, 0) is 41.4 Å². The second-order valence-electron chi connectivity index (χ2n) is 5.33. The quantitative estimate of drug-likeness (QED) is 0.788. The third-order valence-electron chi connectivity index (χ3n) is 4.46. The predicted octanol–water partition coefficient (Wildman–Crippen LogP) is 4.57. The second-order valence-corrected chi connectivity index (χ2v) is 5.33. The summed E-state index contributed by atoms with van der Waals surface area (Å²) in [6.45, 7) is 11.5.